The lowest BCUT2D eigenvalue weighted by molar-refractivity contribution is -0.133. The van der Waals surface area contributed by atoms with E-state index in [-0.39, 0.29) is 11.9 Å². The molecule has 1 heterocycles. The minimum atomic E-state index is -0.903. The van der Waals surface area contributed by atoms with Crippen LogP contribution in [-0.2, 0) is 9.53 Å². The maximum absolute atomic E-state index is 12.5. The number of hydrogen-bond donors (Lipinski definition) is 1. The first-order chi connectivity index (χ1) is 9.39. The number of nitriles is 1. The van der Waals surface area contributed by atoms with Gasteiger partial charge in [0.1, 0.15) is 5.41 Å². The Hall–Kier alpha value is -1.12. The molecule has 0 bridgehead atoms. The van der Waals surface area contributed by atoms with Gasteiger partial charge in [0, 0.05) is 25.8 Å². The smallest absolute Gasteiger partial charge is 0.240 e. The first-order valence-corrected chi connectivity index (χ1v) is 7.34. The highest BCUT2D eigenvalue weighted by atomic mass is 16.5. The highest BCUT2D eigenvalue weighted by Crippen LogP contribution is 2.30. The highest BCUT2D eigenvalue weighted by Gasteiger charge is 2.41. The van der Waals surface area contributed by atoms with Gasteiger partial charge in [0.15, 0.2) is 0 Å². The van der Waals surface area contributed by atoms with Crippen LogP contribution in [0.5, 0.6) is 0 Å². The molecule has 20 heavy (non-hydrogen) atoms. The van der Waals surface area contributed by atoms with Crippen LogP contribution in [0.4, 0.5) is 0 Å². The molecule has 0 spiro atoms. The van der Waals surface area contributed by atoms with E-state index < -0.39 is 5.41 Å². The lowest BCUT2D eigenvalue weighted by Crippen LogP contribution is -2.50. The molecule has 1 unspecified atom stereocenters. The third kappa shape index (κ3) is 4.77. The lowest BCUT2D eigenvalue weighted by Gasteiger charge is -2.32. The third-order valence-electron chi connectivity index (χ3n) is 3.67. The van der Waals surface area contributed by atoms with Crippen LogP contribution in [0, 0.1) is 22.7 Å². The summed E-state index contributed by atoms with van der Waals surface area (Å²) in [7, 11) is 3.99. The second kappa shape index (κ2) is 7.61. The van der Waals surface area contributed by atoms with E-state index in [0.717, 1.165) is 13.0 Å². The van der Waals surface area contributed by atoms with Crippen molar-refractivity contribution in [2.45, 2.75) is 39.2 Å². The fraction of sp³-hybridized carbons (Fsp3) is 0.867. The molecule has 0 aromatic heterocycles. The third-order valence-corrected chi connectivity index (χ3v) is 3.67. The zero-order chi connectivity index (χ0) is 15.2. The summed E-state index contributed by atoms with van der Waals surface area (Å²) in [4.78, 5) is 14.6. The Morgan fingerprint density at radius 1 is 1.40 bits per heavy atom. The van der Waals surface area contributed by atoms with Crippen molar-refractivity contribution in [3.8, 4) is 6.07 Å². The fourth-order valence-corrected chi connectivity index (χ4v) is 2.62. The van der Waals surface area contributed by atoms with Gasteiger partial charge in [-0.05, 0) is 39.3 Å². The van der Waals surface area contributed by atoms with Crippen LogP contribution in [0.1, 0.15) is 33.1 Å². The van der Waals surface area contributed by atoms with Crippen molar-refractivity contribution in [3.05, 3.63) is 0 Å². The molecule has 1 rings (SSSR count). The molecule has 0 aromatic rings. The average molecular weight is 281 g/mol. The Labute approximate surface area is 122 Å². The van der Waals surface area contributed by atoms with Crippen molar-refractivity contribution in [2.24, 2.45) is 11.3 Å². The summed E-state index contributed by atoms with van der Waals surface area (Å²) in [6.07, 6.45) is 1.90. The van der Waals surface area contributed by atoms with Gasteiger partial charge in [0.2, 0.25) is 5.91 Å². The van der Waals surface area contributed by atoms with Crippen LogP contribution < -0.4 is 5.32 Å². The molecule has 114 valence electrons. The minimum absolute atomic E-state index is 0.0885. The van der Waals surface area contributed by atoms with E-state index in [1.807, 2.05) is 14.1 Å². The predicted molar refractivity (Wildman–Crippen MR) is 78.0 cm³/mol. The van der Waals surface area contributed by atoms with E-state index in [1.54, 1.807) is 0 Å². The van der Waals surface area contributed by atoms with Gasteiger partial charge in [-0.25, -0.2) is 0 Å². The van der Waals surface area contributed by atoms with E-state index in [1.165, 1.54) is 0 Å². The van der Waals surface area contributed by atoms with Gasteiger partial charge in [0.05, 0.1) is 6.07 Å². The van der Waals surface area contributed by atoms with Gasteiger partial charge in [-0.2, -0.15) is 5.26 Å². The van der Waals surface area contributed by atoms with E-state index in [9.17, 15) is 10.1 Å². The quantitative estimate of drug-likeness (QED) is 0.799. The van der Waals surface area contributed by atoms with Gasteiger partial charge < -0.3 is 15.0 Å². The Morgan fingerprint density at radius 2 is 2.00 bits per heavy atom. The molecule has 1 fully saturated rings. The predicted octanol–water partition coefficient (Wildman–Crippen LogP) is 1.40. The van der Waals surface area contributed by atoms with Crippen molar-refractivity contribution in [1.82, 2.24) is 10.2 Å². The monoisotopic (exact) mass is 281 g/mol. The Morgan fingerprint density at radius 3 is 2.45 bits per heavy atom. The Bertz CT molecular complexity index is 345. The number of likely N-dealkylation sites (N-methyl/N-ethyl adjacent to an activating group) is 1. The van der Waals surface area contributed by atoms with Crippen LogP contribution in [0.3, 0.4) is 0 Å². The Kier molecular flexibility index (Phi) is 6.44. The molecule has 0 saturated carbocycles. The largest absolute Gasteiger partial charge is 0.381 e. The van der Waals surface area contributed by atoms with Crippen molar-refractivity contribution in [2.75, 3.05) is 33.9 Å². The molecule has 0 aliphatic carbocycles. The molecule has 5 nitrogen and oxygen atoms in total. The molecular formula is C15H27N3O2. The van der Waals surface area contributed by atoms with Gasteiger partial charge in [-0.1, -0.05) is 13.8 Å². The lowest BCUT2D eigenvalue weighted by atomic mass is 9.80. The minimum Gasteiger partial charge on any atom is -0.381 e. The van der Waals surface area contributed by atoms with Gasteiger partial charge >= 0.3 is 0 Å². The number of nitrogens with zero attached hydrogens (tertiary/aromatic N) is 2. The molecule has 1 amide bonds. The summed E-state index contributed by atoms with van der Waals surface area (Å²) in [6.45, 7) is 6.06. The molecule has 1 aliphatic rings. The average Bonchev–Trinajstić information content (AvgIpc) is 2.37. The Balaban J connectivity index is 2.70. The number of rotatable bonds is 6. The molecule has 1 atom stereocenters. The molecule has 0 aromatic carbocycles. The van der Waals surface area contributed by atoms with Crippen molar-refractivity contribution < 1.29 is 9.53 Å². The number of carbonyl (C=O) groups excluding carboxylic acids is 1. The fourth-order valence-electron chi connectivity index (χ4n) is 2.62. The van der Waals surface area contributed by atoms with E-state index >= 15 is 0 Å². The molecule has 1 N–H and O–H groups in total. The summed E-state index contributed by atoms with van der Waals surface area (Å²) < 4.78 is 5.27. The molecule has 1 saturated heterocycles. The standard InChI is InChI=1S/C15H27N3O2/c1-12(2)9-13(10-18(3)4)17-14(19)15(11-16)5-7-20-8-6-15/h12-13H,5-10H2,1-4H3,(H,17,19). The summed E-state index contributed by atoms with van der Waals surface area (Å²) >= 11 is 0. The zero-order valence-corrected chi connectivity index (χ0v) is 13.1. The first kappa shape index (κ1) is 16.9. The molecule has 0 radical (unpaired) electrons. The second-order valence-corrected chi connectivity index (χ2v) is 6.37. The highest BCUT2D eigenvalue weighted by molar-refractivity contribution is 5.85. The number of amides is 1. The number of carbonyl (C=O) groups is 1. The van der Waals surface area contributed by atoms with Crippen LogP contribution in [0.25, 0.3) is 0 Å². The number of nitrogens with one attached hydrogen (secondary N) is 1. The summed E-state index contributed by atoms with van der Waals surface area (Å²) in [5, 5.41) is 12.5. The number of hydrogen-bond acceptors (Lipinski definition) is 4. The molecule has 5 heteroatoms. The van der Waals surface area contributed by atoms with Crippen LogP contribution >= 0.6 is 0 Å². The summed E-state index contributed by atoms with van der Waals surface area (Å²) in [5.74, 6) is 0.378. The van der Waals surface area contributed by atoms with Crippen molar-refractivity contribution in [1.29, 1.82) is 5.26 Å². The van der Waals surface area contributed by atoms with E-state index in [2.05, 4.69) is 30.1 Å². The maximum atomic E-state index is 12.5. The van der Waals surface area contributed by atoms with Crippen LogP contribution in [0.2, 0.25) is 0 Å². The number of ether oxygens (including phenoxy) is 1. The van der Waals surface area contributed by atoms with Crippen LogP contribution in [-0.4, -0.2) is 50.7 Å². The van der Waals surface area contributed by atoms with Gasteiger partial charge in [-0.3, -0.25) is 4.79 Å². The maximum Gasteiger partial charge on any atom is 0.240 e. The van der Waals surface area contributed by atoms with Gasteiger partial charge in [-0.15, -0.1) is 0 Å². The van der Waals surface area contributed by atoms with E-state index in [4.69, 9.17) is 4.74 Å². The van der Waals surface area contributed by atoms with E-state index in [0.29, 0.717) is 32.0 Å². The topological polar surface area (TPSA) is 65.4 Å². The summed E-state index contributed by atoms with van der Waals surface area (Å²) in [6, 6.07) is 2.31. The first-order valence-electron chi connectivity index (χ1n) is 7.34. The normalized spacial score (nSPS) is 19.6. The van der Waals surface area contributed by atoms with Gasteiger partial charge in [0.25, 0.3) is 0 Å². The van der Waals surface area contributed by atoms with Crippen molar-refractivity contribution >= 4 is 5.91 Å². The SMILES string of the molecule is CC(C)CC(CN(C)C)NC(=O)C1(C#N)CCOCC1. The second-order valence-electron chi connectivity index (χ2n) is 6.37. The zero-order valence-electron chi connectivity index (χ0n) is 13.1. The van der Waals surface area contributed by atoms with Crippen molar-refractivity contribution in [3.63, 3.8) is 0 Å². The molecular weight excluding hydrogens is 254 g/mol. The summed E-state index contributed by atoms with van der Waals surface area (Å²) in [5.41, 5.74) is -0.903. The van der Waals surface area contributed by atoms with Crippen LogP contribution in [0.15, 0.2) is 0 Å². The molecule has 1 aliphatic heterocycles.